The lowest BCUT2D eigenvalue weighted by atomic mass is 9.70. The molecule has 1 unspecified atom stereocenters. The second kappa shape index (κ2) is 2.04. The van der Waals surface area contributed by atoms with Crippen LogP contribution in [0.2, 0.25) is 0 Å². The normalized spacial score (nSPS) is 38.8. The molecule has 2 nitrogen and oxygen atoms in total. The summed E-state index contributed by atoms with van der Waals surface area (Å²) in [4.78, 5) is 11.1. The van der Waals surface area contributed by atoms with Gasteiger partial charge in [0.15, 0.2) is 0 Å². The van der Waals surface area contributed by atoms with Crippen LogP contribution in [0.3, 0.4) is 0 Å². The van der Waals surface area contributed by atoms with E-state index in [4.69, 9.17) is 0 Å². The Bertz CT molecular complexity index is 228. The fourth-order valence-electron chi connectivity index (χ4n) is 2.79. The summed E-state index contributed by atoms with van der Waals surface area (Å²) in [5.41, 5.74) is -0.283. The number of carboxylic acid groups (broad SMARTS) is 1. The lowest BCUT2D eigenvalue weighted by Crippen LogP contribution is -2.34. The van der Waals surface area contributed by atoms with Crippen LogP contribution in [0.25, 0.3) is 0 Å². The van der Waals surface area contributed by atoms with Gasteiger partial charge >= 0.3 is 5.97 Å². The van der Waals surface area contributed by atoms with Crippen LogP contribution in [0.1, 0.15) is 39.5 Å². The monoisotopic (exact) mass is 168 g/mol. The smallest absolute Gasteiger partial charge is 0.310 e. The summed E-state index contributed by atoms with van der Waals surface area (Å²) in [6.07, 6.45) is 4.39. The Kier molecular flexibility index (Phi) is 1.37. The third-order valence-corrected chi connectivity index (χ3v) is 3.99. The van der Waals surface area contributed by atoms with Gasteiger partial charge in [0, 0.05) is 0 Å². The molecule has 0 amide bonds. The van der Waals surface area contributed by atoms with Crippen LogP contribution in [-0.2, 0) is 4.79 Å². The van der Waals surface area contributed by atoms with Crippen LogP contribution in [0.4, 0.5) is 0 Å². The van der Waals surface area contributed by atoms with Gasteiger partial charge in [-0.2, -0.15) is 0 Å². The highest BCUT2D eigenvalue weighted by Gasteiger charge is 2.70. The summed E-state index contributed by atoms with van der Waals surface area (Å²) < 4.78 is 0. The molecule has 0 heterocycles. The second-order valence-corrected chi connectivity index (χ2v) is 4.96. The molecular formula is C10H16O2. The average molecular weight is 168 g/mol. The SMILES string of the molecule is CC1(C)CC1(C(=O)O)C1CCC1. The first kappa shape index (κ1) is 8.09. The predicted octanol–water partition coefficient (Wildman–Crippen LogP) is 2.29. The molecule has 2 aliphatic rings. The Labute approximate surface area is 73.0 Å². The highest BCUT2D eigenvalue weighted by atomic mass is 16.4. The molecule has 0 spiro atoms. The number of hydrogen-bond acceptors (Lipinski definition) is 1. The van der Waals surface area contributed by atoms with E-state index < -0.39 is 5.97 Å². The van der Waals surface area contributed by atoms with Crippen LogP contribution >= 0.6 is 0 Å². The van der Waals surface area contributed by atoms with Crippen molar-refractivity contribution in [2.45, 2.75) is 39.5 Å². The summed E-state index contributed by atoms with van der Waals surface area (Å²) in [7, 11) is 0. The number of carbonyl (C=O) groups is 1. The first-order valence-corrected chi connectivity index (χ1v) is 4.74. The van der Waals surface area contributed by atoms with Crippen molar-refractivity contribution >= 4 is 5.97 Å². The summed E-state index contributed by atoms with van der Waals surface area (Å²) in [6, 6.07) is 0. The maximum absolute atomic E-state index is 11.1. The molecule has 0 radical (unpaired) electrons. The quantitative estimate of drug-likeness (QED) is 0.686. The van der Waals surface area contributed by atoms with E-state index in [-0.39, 0.29) is 10.8 Å². The summed E-state index contributed by atoms with van der Waals surface area (Å²) in [5, 5.41) is 9.17. The molecule has 1 N–H and O–H groups in total. The number of rotatable bonds is 2. The first-order chi connectivity index (χ1) is 5.51. The number of aliphatic carboxylic acids is 1. The zero-order valence-corrected chi connectivity index (χ0v) is 7.76. The van der Waals surface area contributed by atoms with E-state index in [9.17, 15) is 9.90 Å². The average Bonchev–Trinajstić information content (AvgIpc) is 2.31. The lowest BCUT2D eigenvalue weighted by molar-refractivity contribution is -0.149. The second-order valence-electron chi connectivity index (χ2n) is 4.96. The molecule has 0 aromatic carbocycles. The molecule has 68 valence electrons. The largest absolute Gasteiger partial charge is 0.481 e. The minimum absolute atomic E-state index is 0.0594. The van der Waals surface area contributed by atoms with E-state index in [2.05, 4.69) is 13.8 Å². The highest BCUT2D eigenvalue weighted by molar-refractivity contribution is 5.80. The minimum atomic E-state index is -0.558. The topological polar surface area (TPSA) is 37.3 Å². The Hall–Kier alpha value is -0.530. The van der Waals surface area contributed by atoms with Crippen molar-refractivity contribution in [2.24, 2.45) is 16.7 Å². The molecule has 0 saturated heterocycles. The molecule has 12 heavy (non-hydrogen) atoms. The molecule has 2 saturated carbocycles. The van der Waals surface area contributed by atoms with Crippen molar-refractivity contribution in [1.29, 1.82) is 0 Å². The van der Waals surface area contributed by atoms with Crippen molar-refractivity contribution in [2.75, 3.05) is 0 Å². The van der Waals surface area contributed by atoms with Gasteiger partial charge < -0.3 is 5.11 Å². The Morgan fingerprint density at radius 2 is 1.92 bits per heavy atom. The molecule has 0 aromatic rings. The molecule has 2 aliphatic carbocycles. The lowest BCUT2D eigenvalue weighted by Gasteiger charge is -2.33. The van der Waals surface area contributed by atoms with Crippen LogP contribution < -0.4 is 0 Å². The third-order valence-electron chi connectivity index (χ3n) is 3.99. The van der Waals surface area contributed by atoms with E-state index in [1.807, 2.05) is 0 Å². The highest BCUT2D eigenvalue weighted by Crippen LogP contribution is 2.71. The van der Waals surface area contributed by atoms with Crippen molar-refractivity contribution in [1.82, 2.24) is 0 Å². The van der Waals surface area contributed by atoms with Gasteiger partial charge in [0.1, 0.15) is 0 Å². The summed E-state index contributed by atoms with van der Waals surface area (Å²) in [5.74, 6) is -0.0813. The van der Waals surface area contributed by atoms with Crippen LogP contribution in [0, 0.1) is 16.7 Å². The van der Waals surface area contributed by atoms with Gasteiger partial charge in [-0.25, -0.2) is 0 Å². The molecule has 0 aromatic heterocycles. The number of hydrogen-bond donors (Lipinski definition) is 1. The van der Waals surface area contributed by atoms with Gasteiger partial charge in [0.05, 0.1) is 5.41 Å². The van der Waals surface area contributed by atoms with Gasteiger partial charge in [-0.1, -0.05) is 20.3 Å². The van der Waals surface area contributed by atoms with Gasteiger partial charge in [-0.15, -0.1) is 0 Å². The summed E-state index contributed by atoms with van der Waals surface area (Å²) >= 11 is 0. The standard InChI is InChI=1S/C10H16O2/c1-9(2)6-10(9,8(11)12)7-4-3-5-7/h7H,3-6H2,1-2H3,(H,11,12). The van der Waals surface area contributed by atoms with E-state index >= 15 is 0 Å². The molecular weight excluding hydrogens is 152 g/mol. The van der Waals surface area contributed by atoms with Crippen LogP contribution in [-0.4, -0.2) is 11.1 Å². The van der Waals surface area contributed by atoms with Crippen LogP contribution in [0.15, 0.2) is 0 Å². The fourth-order valence-corrected chi connectivity index (χ4v) is 2.79. The zero-order chi connectivity index (χ0) is 8.98. The van der Waals surface area contributed by atoms with E-state index in [0.29, 0.717) is 5.92 Å². The van der Waals surface area contributed by atoms with E-state index in [1.165, 1.54) is 6.42 Å². The Balaban J connectivity index is 2.20. The maximum Gasteiger partial charge on any atom is 0.310 e. The van der Waals surface area contributed by atoms with Crippen molar-refractivity contribution in [3.63, 3.8) is 0 Å². The third kappa shape index (κ3) is 0.732. The molecule has 2 rings (SSSR count). The van der Waals surface area contributed by atoms with Crippen molar-refractivity contribution in [3.05, 3.63) is 0 Å². The van der Waals surface area contributed by atoms with Crippen molar-refractivity contribution < 1.29 is 9.90 Å². The Morgan fingerprint density at radius 3 is 2.00 bits per heavy atom. The molecule has 1 atom stereocenters. The minimum Gasteiger partial charge on any atom is -0.481 e. The van der Waals surface area contributed by atoms with Gasteiger partial charge in [0.2, 0.25) is 0 Å². The maximum atomic E-state index is 11.1. The van der Waals surface area contributed by atoms with Crippen LogP contribution in [0.5, 0.6) is 0 Å². The predicted molar refractivity (Wildman–Crippen MR) is 45.8 cm³/mol. The van der Waals surface area contributed by atoms with Crippen molar-refractivity contribution in [3.8, 4) is 0 Å². The molecule has 2 heteroatoms. The first-order valence-electron chi connectivity index (χ1n) is 4.74. The van der Waals surface area contributed by atoms with E-state index in [0.717, 1.165) is 19.3 Å². The van der Waals surface area contributed by atoms with Gasteiger partial charge in [-0.3, -0.25) is 4.79 Å². The molecule has 0 bridgehead atoms. The summed E-state index contributed by atoms with van der Waals surface area (Å²) in [6.45, 7) is 4.17. The van der Waals surface area contributed by atoms with Gasteiger partial charge in [-0.05, 0) is 30.6 Å². The molecule has 0 aliphatic heterocycles. The number of carboxylic acids is 1. The van der Waals surface area contributed by atoms with E-state index in [1.54, 1.807) is 0 Å². The Morgan fingerprint density at radius 1 is 1.42 bits per heavy atom. The fraction of sp³-hybridized carbons (Fsp3) is 0.900. The molecule has 2 fully saturated rings. The van der Waals surface area contributed by atoms with Gasteiger partial charge in [0.25, 0.3) is 0 Å². The zero-order valence-electron chi connectivity index (χ0n) is 7.76.